The van der Waals surface area contributed by atoms with Crippen LogP contribution in [0.25, 0.3) is 0 Å². The fraction of sp³-hybridized carbons (Fsp3) is 0.611. The normalized spacial score (nSPS) is 14.8. The van der Waals surface area contributed by atoms with Crippen LogP contribution < -0.4 is 0 Å². The predicted molar refractivity (Wildman–Crippen MR) is 92.0 cm³/mol. The fourth-order valence-corrected chi connectivity index (χ4v) is 2.72. The van der Waals surface area contributed by atoms with Crippen LogP contribution in [-0.2, 0) is 17.3 Å². The van der Waals surface area contributed by atoms with Crippen molar-refractivity contribution in [2.24, 2.45) is 7.05 Å². The average Bonchev–Trinajstić information content (AvgIpc) is 3.12. The lowest BCUT2D eigenvalue weighted by Gasteiger charge is -2.27. The quantitative estimate of drug-likeness (QED) is 0.627. The minimum Gasteiger partial charge on any atom is -0.273 e. The van der Waals surface area contributed by atoms with Crippen LogP contribution in [0.4, 0.5) is 0 Å². The van der Waals surface area contributed by atoms with E-state index in [1.54, 1.807) is 21.7 Å². The molecule has 130 valence electrons. The van der Waals surface area contributed by atoms with Gasteiger partial charge in [0.05, 0.1) is 5.69 Å². The summed E-state index contributed by atoms with van der Waals surface area (Å²) in [5.74, 6) is 2.31. The second kappa shape index (κ2) is 7.08. The summed E-state index contributed by atoms with van der Waals surface area (Å²) >= 11 is 0. The van der Waals surface area contributed by atoms with E-state index in [4.69, 9.17) is 6.42 Å². The molecule has 1 aromatic rings. The molecule has 0 aromatic carbocycles. The SMILES string of the molecule is C#CCCCC(=O)N1CCCN1C(=O)c1cc(C(C)(C)C)nn1C. The highest BCUT2D eigenvalue weighted by Crippen LogP contribution is 2.23. The molecule has 0 bridgehead atoms. The highest BCUT2D eigenvalue weighted by molar-refractivity contribution is 5.94. The van der Waals surface area contributed by atoms with E-state index >= 15 is 0 Å². The summed E-state index contributed by atoms with van der Waals surface area (Å²) in [5, 5.41) is 7.55. The van der Waals surface area contributed by atoms with Crippen molar-refractivity contribution < 1.29 is 9.59 Å². The summed E-state index contributed by atoms with van der Waals surface area (Å²) in [6.07, 6.45) is 7.60. The van der Waals surface area contributed by atoms with E-state index in [9.17, 15) is 9.59 Å². The molecule has 6 heteroatoms. The Hall–Kier alpha value is -2.29. The molecule has 0 unspecified atom stereocenters. The van der Waals surface area contributed by atoms with Crippen LogP contribution in [0.15, 0.2) is 6.07 Å². The first-order chi connectivity index (χ1) is 11.3. The van der Waals surface area contributed by atoms with Gasteiger partial charge in [0.25, 0.3) is 5.91 Å². The molecule has 0 saturated carbocycles. The molecule has 24 heavy (non-hydrogen) atoms. The molecular weight excluding hydrogens is 304 g/mol. The Morgan fingerprint density at radius 1 is 1.29 bits per heavy atom. The van der Waals surface area contributed by atoms with Crippen LogP contribution in [-0.4, -0.2) is 44.7 Å². The molecule has 1 aliphatic rings. The number of carbonyl (C=O) groups excluding carboxylic acids is 2. The summed E-state index contributed by atoms with van der Waals surface area (Å²) in [6, 6.07) is 1.82. The average molecular weight is 330 g/mol. The zero-order valence-corrected chi connectivity index (χ0v) is 15.0. The Bertz CT molecular complexity index is 664. The van der Waals surface area contributed by atoms with Gasteiger partial charge < -0.3 is 0 Å². The van der Waals surface area contributed by atoms with Crippen LogP contribution in [0.2, 0.25) is 0 Å². The molecule has 1 aromatic heterocycles. The number of hydrogen-bond acceptors (Lipinski definition) is 3. The van der Waals surface area contributed by atoms with Crippen LogP contribution >= 0.6 is 0 Å². The Kier molecular flexibility index (Phi) is 5.33. The monoisotopic (exact) mass is 330 g/mol. The molecular formula is C18H26N4O2. The van der Waals surface area contributed by atoms with Crippen LogP contribution in [0, 0.1) is 12.3 Å². The lowest BCUT2D eigenvalue weighted by Crippen LogP contribution is -2.45. The maximum atomic E-state index is 12.9. The third kappa shape index (κ3) is 3.78. The van der Waals surface area contributed by atoms with Gasteiger partial charge in [0, 0.05) is 38.4 Å². The number of hydrogen-bond donors (Lipinski definition) is 0. The molecule has 6 nitrogen and oxygen atoms in total. The molecule has 0 aliphatic carbocycles. The predicted octanol–water partition coefficient (Wildman–Crippen LogP) is 2.11. The minimum atomic E-state index is -0.178. The number of aromatic nitrogens is 2. The lowest BCUT2D eigenvalue weighted by molar-refractivity contribution is -0.140. The van der Waals surface area contributed by atoms with Gasteiger partial charge in [0.1, 0.15) is 5.69 Å². The molecule has 2 heterocycles. The van der Waals surface area contributed by atoms with Crippen molar-refractivity contribution in [2.75, 3.05) is 13.1 Å². The topological polar surface area (TPSA) is 58.4 Å². The van der Waals surface area contributed by atoms with Gasteiger partial charge in [-0.25, -0.2) is 5.01 Å². The zero-order valence-electron chi connectivity index (χ0n) is 15.0. The first-order valence-corrected chi connectivity index (χ1v) is 8.36. The number of carbonyl (C=O) groups is 2. The second-order valence-corrected chi connectivity index (χ2v) is 7.14. The van der Waals surface area contributed by atoms with Crippen molar-refractivity contribution in [1.82, 2.24) is 19.8 Å². The van der Waals surface area contributed by atoms with E-state index in [1.165, 1.54) is 0 Å². The summed E-state index contributed by atoms with van der Waals surface area (Å²) in [5.41, 5.74) is 1.23. The molecule has 0 N–H and O–H groups in total. The number of terminal acetylenes is 1. The first-order valence-electron chi connectivity index (χ1n) is 8.36. The van der Waals surface area contributed by atoms with Crippen molar-refractivity contribution in [3.63, 3.8) is 0 Å². The molecule has 2 amide bonds. The molecule has 1 saturated heterocycles. The molecule has 2 rings (SSSR count). The van der Waals surface area contributed by atoms with Gasteiger partial charge in [-0.2, -0.15) is 5.10 Å². The summed E-state index contributed by atoms with van der Waals surface area (Å²) < 4.78 is 1.60. The highest BCUT2D eigenvalue weighted by Gasteiger charge is 2.33. The maximum Gasteiger partial charge on any atom is 0.290 e. The van der Waals surface area contributed by atoms with E-state index in [2.05, 4.69) is 31.8 Å². The molecule has 0 atom stereocenters. The third-order valence-corrected chi connectivity index (χ3v) is 4.13. The zero-order chi connectivity index (χ0) is 17.9. The summed E-state index contributed by atoms with van der Waals surface area (Å²) in [6.45, 7) is 7.29. The van der Waals surface area contributed by atoms with Gasteiger partial charge in [-0.15, -0.1) is 12.3 Å². The molecule has 0 radical (unpaired) electrons. The minimum absolute atomic E-state index is 0.0469. The van der Waals surface area contributed by atoms with E-state index in [-0.39, 0.29) is 17.2 Å². The molecule has 1 fully saturated rings. The van der Waals surface area contributed by atoms with E-state index in [0.717, 1.165) is 12.1 Å². The first kappa shape index (κ1) is 18.1. The van der Waals surface area contributed by atoms with Gasteiger partial charge >= 0.3 is 0 Å². The van der Waals surface area contributed by atoms with Gasteiger partial charge in [0.15, 0.2) is 0 Å². The maximum absolute atomic E-state index is 12.9. The fourth-order valence-electron chi connectivity index (χ4n) is 2.72. The second-order valence-electron chi connectivity index (χ2n) is 7.14. The third-order valence-electron chi connectivity index (χ3n) is 4.13. The number of unbranched alkanes of at least 4 members (excludes halogenated alkanes) is 1. The van der Waals surface area contributed by atoms with Gasteiger partial charge in [-0.3, -0.25) is 19.3 Å². The van der Waals surface area contributed by atoms with Gasteiger partial charge in [-0.05, 0) is 18.9 Å². The Labute approximate surface area is 143 Å². The van der Waals surface area contributed by atoms with Crippen molar-refractivity contribution >= 4 is 11.8 Å². The van der Waals surface area contributed by atoms with Gasteiger partial charge in [0.2, 0.25) is 5.91 Å². The van der Waals surface area contributed by atoms with E-state index in [1.807, 2.05) is 6.07 Å². The van der Waals surface area contributed by atoms with Crippen LogP contribution in [0.1, 0.15) is 62.6 Å². The number of aryl methyl sites for hydroxylation is 1. The van der Waals surface area contributed by atoms with Crippen molar-refractivity contribution in [1.29, 1.82) is 0 Å². The summed E-state index contributed by atoms with van der Waals surface area (Å²) in [7, 11) is 1.76. The van der Waals surface area contributed by atoms with E-state index in [0.29, 0.717) is 38.0 Å². The van der Waals surface area contributed by atoms with Crippen molar-refractivity contribution in [2.45, 2.75) is 51.9 Å². The summed E-state index contributed by atoms with van der Waals surface area (Å²) in [4.78, 5) is 25.2. The number of amides is 2. The highest BCUT2D eigenvalue weighted by atomic mass is 16.2. The Morgan fingerprint density at radius 2 is 1.96 bits per heavy atom. The van der Waals surface area contributed by atoms with Crippen molar-refractivity contribution in [3.8, 4) is 12.3 Å². The lowest BCUT2D eigenvalue weighted by atomic mass is 9.92. The van der Waals surface area contributed by atoms with Gasteiger partial charge in [-0.1, -0.05) is 20.8 Å². The smallest absolute Gasteiger partial charge is 0.273 e. The Balaban J connectivity index is 2.15. The number of nitrogens with zero attached hydrogens (tertiary/aromatic N) is 4. The Morgan fingerprint density at radius 3 is 2.54 bits per heavy atom. The number of hydrazine groups is 1. The standard InChI is InChI=1S/C18H26N4O2/c1-6-7-8-10-16(23)21-11-9-12-22(21)17(24)14-13-15(18(2,3)4)19-20(14)5/h1,13H,7-12H2,2-5H3. The van der Waals surface area contributed by atoms with Crippen LogP contribution in [0.3, 0.4) is 0 Å². The van der Waals surface area contributed by atoms with Crippen molar-refractivity contribution in [3.05, 3.63) is 17.5 Å². The largest absolute Gasteiger partial charge is 0.290 e. The van der Waals surface area contributed by atoms with Crippen LogP contribution in [0.5, 0.6) is 0 Å². The van der Waals surface area contributed by atoms with E-state index < -0.39 is 0 Å². The molecule has 0 spiro atoms. The number of rotatable bonds is 4. The molecule has 1 aliphatic heterocycles.